The molecule has 0 aliphatic rings. The molecule has 168 valence electrons. The largest absolute Gasteiger partial charge is 0.573 e. The molecular weight excluding hydrogens is 444 g/mol. The molecule has 0 unspecified atom stereocenters. The highest BCUT2D eigenvalue weighted by Crippen LogP contribution is 2.31. The Labute approximate surface area is 176 Å². The van der Waals surface area contributed by atoms with Gasteiger partial charge in [0.15, 0.2) is 0 Å². The van der Waals surface area contributed by atoms with Gasteiger partial charge in [-0.1, -0.05) is 12.1 Å². The Balaban J connectivity index is 1.92. The fourth-order valence-corrected chi connectivity index (χ4v) is 2.89. The van der Waals surface area contributed by atoms with Crippen molar-refractivity contribution in [3.05, 3.63) is 66.4 Å². The number of pyridine rings is 1. The molecule has 0 saturated heterocycles. The van der Waals surface area contributed by atoms with E-state index in [1.165, 1.54) is 36.5 Å². The van der Waals surface area contributed by atoms with Crippen LogP contribution in [0.1, 0.15) is 5.56 Å². The fraction of sp³-hybridized carbons (Fsp3) is 0.143. The molecule has 1 heterocycles. The molecule has 0 aliphatic carbocycles. The molecule has 3 rings (SSSR count). The number of alkyl halides is 6. The number of aliphatic carboxylic acids is 1. The Morgan fingerprint density at radius 3 is 1.72 bits per heavy atom. The van der Waals surface area contributed by atoms with Crippen LogP contribution in [-0.2, 0) is 11.2 Å². The Morgan fingerprint density at radius 1 is 0.812 bits per heavy atom. The molecule has 0 amide bonds. The van der Waals surface area contributed by atoms with Gasteiger partial charge in [-0.05, 0) is 53.6 Å². The number of aromatic nitrogens is 1. The van der Waals surface area contributed by atoms with Crippen LogP contribution in [-0.4, -0.2) is 28.8 Å². The van der Waals surface area contributed by atoms with Crippen LogP contribution < -0.4 is 9.47 Å². The second kappa shape index (κ2) is 8.77. The maximum absolute atomic E-state index is 12.3. The molecule has 2 aromatic carbocycles. The lowest BCUT2D eigenvalue weighted by Gasteiger charge is -2.13. The molecule has 5 nitrogen and oxygen atoms in total. The van der Waals surface area contributed by atoms with Gasteiger partial charge in [-0.2, -0.15) is 0 Å². The lowest BCUT2D eigenvalue weighted by atomic mass is 9.97. The van der Waals surface area contributed by atoms with E-state index >= 15 is 0 Å². The average Bonchev–Trinajstić information content (AvgIpc) is 2.66. The number of halogens is 6. The normalized spacial score (nSPS) is 11.8. The average molecular weight is 457 g/mol. The highest BCUT2D eigenvalue weighted by molar-refractivity contribution is 5.78. The molecule has 32 heavy (non-hydrogen) atoms. The maximum Gasteiger partial charge on any atom is 0.573 e. The van der Waals surface area contributed by atoms with E-state index in [9.17, 15) is 36.2 Å². The molecule has 0 fully saturated rings. The van der Waals surface area contributed by atoms with Gasteiger partial charge >= 0.3 is 18.7 Å². The molecular formula is C21H13F6NO4. The van der Waals surface area contributed by atoms with Crippen LogP contribution in [0.4, 0.5) is 26.3 Å². The zero-order valence-corrected chi connectivity index (χ0v) is 15.9. The molecule has 0 bridgehead atoms. The van der Waals surface area contributed by atoms with Crippen molar-refractivity contribution in [2.75, 3.05) is 0 Å². The lowest BCUT2D eigenvalue weighted by molar-refractivity contribution is -0.275. The predicted octanol–water partition coefficient (Wildman–Crippen LogP) is 5.84. The molecule has 1 aromatic heterocycles. The summed E-state index contributed by atoms with van der Waals surface area (Å²) in [5.74, 6) is -2.02. The van der Waals surface area contributed by atoms with E-state index in [2.05, 4.69) is 14.5 Å². The first-order valence-electron chi connectivity index (χ1n) is 8.83. The van der Waals surface area contributed by atoms with Crippen LogP contribution in [0, 0.1) is 0 Å². The van der Waals surface area contributed by atoms with Gasteiger partial charge in [-0.3, -0.25) is 9.78 Å². The van der Waals surface area contributed by atoms with Gasteiger partial charge in [0.25, 0.3) is 0 Å². The van der Waals surface area contributed by atoms with E-state index in [0.29, 0.717) is 27.9 Å². The van der Waals surface area contributed by atoms with Crippen LogP contribution in [0.5, 0.6) is 11.5 Å². The second-order valence-corrected chi connectivity index (χ2v) is 6.44. The van der Waals surface area contributed by atoms with E-state index in [0.717, 1.165) is 24.3 Å². The summed E-state index contributed by atoms with van der Waals surface area (Å²) in [6.45, 7) is 0. The molecule has 1 N–H and O–H groups in total. The van der Waals surface area contributed by atoms with Gasteiger partial charge in [-0.15, -0.1) is 26.3 Å². The van der Waals surface area contributed by atoms with Crippen molar-refractivity contribution in [1.29, 1.82) is 0 Å². The van der Waals surface area contributed by atoms with Gasteiger partial charge in [0.1, 0.15) is 11.5 Å². The first kappa shape index (κ1) is 22.9. The third-order valence-corrected chi connectivity index (χ3v) is 4.11. The first-order chi connectivity index (χ1) is 14.9. The summed E-state index contributed by atoms with van der Waals surface area (Å²) in [7, 11) is 0. The minimum absolute atomic E-state index is 0.292. The van der Waals surface area contributed by atoms with Gasteiger partial charge in [0.2, 0.25) is 0 Å². The minimum Gasteiger partial charge on any atom is -0.481 e. The van der Waals surface area contributed by atoms with Crippen LogP contribution in [0.3, 0.4) is 0 Å². The van der Waals surface area contributed by atoms with Crippen molar-refractivity contribution in [2.24, 2.45) is 0 Å². The smallest absolute Gasteiger partial charge is 0.481 e. The summed E-state index contributed by atoms with van der Waals surface area (Å²) in [4.78, 5) is 15.5. The third kappa shape index (κ3) is 6.37. The van der Waals surface area contributed by atoms with Gasteiger partial charge in [0, 0.05) is 17.3 Å². The van der Waals surface area contributed by atoms with E-state index in [1.54, 1.807) is 0 Å². The Morgan fingerprint density at radius 2 is 1.28 bits per heavy atom. The highest BCUT2D eigenvalue weighted by Gasteiger charge is 2.31. The van der Waals surface area contributed by atoms with Crippen LogP contribution in [0.2, 0.25) is 0 Å². The summed E-state index contributed by atoms with van der Waals surface area (Å²) < 4.78 is 81.5. The van der Waals surface area contributed by atoms with Gasteiger partial charge in [0.05, 0.1) is 12.1 Å². The number of hydrogen-bond donors (Lipinski definition) is 1. The summed E-state index contributed by atoms with van der Waals surface area (Å²) in [6, 6.07) is 11.1. The zero-order chi connectivity index (χ0) is 23.5. The molecule has 11 heteroatoms. The van der Waals surface area contributed by atoms with E-state index in [1.807, 2.05) is 0 Å². The number of carbonyl (C=O) groups is 1. The van der Waals surface area contributed by atoms with Gasteiger partial charge in [-0.25, -0.2) is 0 Å². The molecule has 0 radical (unpaired) electrons. The van der Waals surface area contributed by atoms with Crippen molar-refractivity contribution in [2.45, 2.75) is 19.1 Å². The Hall–Kier alpha value is -3.76. The monoisotopic (exact) mass is 457 g/mol. The first-order valence-corrected chi connectivity index (χ1v) is 8.83. The van der Waals surface area contributed by atoms with Crippen molar-refractivity contribution in [1.82, 2.24) is 4.98 Å². The third-order valence-electron chi connectivity index (χ3n) is 4.11. The minimum atomic E-state index is -4.85. The van der Waals surface area contributed by atoms with Gasteiger partial charge < -0.3 is 14.6 Å². The van der Waals surface area contributed by atoms with E-state index < -0.39 is 36.6 Å². The SMILES string of the molecule is O=C(O)Cc1cc(-c2ccc(OC(F)(F)F)cc2)ncc1-c1ccc(OC(F)(F)F)cc1. The number of carboxylic acids is 1. The molecule has 0 atom stereocenters. The summed E-state index contributed by atoms with van der Waals surface area (Å²) >= 11 is 0. The van der Waals surface area contributed by atoms with Crippen LogP contribution in [0.25, 0.3) is 22.4 Å². The van der Waals surface area contributed by atoms with Crippen LogP contribution in [0.15, 0.2) is 60.8 Å². The summed E-state index contributed by atoms with van der Waals surface area (Å²) in [5, 5.41) is 9.23. The predicted molar refractivity (Wildman–Crippen MR) is 99.8 cm³/mol. The number of hydrogen-bond acceptors (Lipinski definition) is 4. The van der Waals surface area contributed by atoms with Crippen molar-refractivity contribution in [3.8, 4) is 33.9 Å². The lowest BCUT2D eigenvalue weighted by Crippen LogP contribution is -2.17. The highest BCUT2D eigenvalue weighted by atomic mass is 19.4. The summed E-state index contributed by atoms with van der Waals surface area (Å²) in [6.07, 6.45) is -8.76. The number of rotatable bonds is 6. The number of ether oxygens (including phenoxy) is 2. The van der Waals surface area contributed by atoms with E-state index in [-0.39, 0.29) is 0 Å². The molecule has 0 aliphatic heterocycles. The second-order valence-electron chi connectivity index (χ2n) is 6.44. The zero-order valence-electron chi connectivity index (χ0n) is 15.9. The molecule has 0 spiro atoms. The Kier molecular flexibility index (Phi) is 6.28. The van der Waals surface area contributed by atoms with Crippen molar-refractivity contribution >= 4 is 5.97 Å². The standard InChI is InChI=1S/C21H13F6NO4/c22-20(23,24)31-15-5-1-12(2-6-15)17-11-28-18(9-14(17)10-19(29)30)13-3-7-16(8-4-13)32-21(25,26)27/h1-9,11H,10H2,(H,29,30). The quantitative estimate of drug-likeness (QED) is 0.471. The van der Waals surface area contributed by atoms with Crippen molar-refractivity contribution in [3.63, 3.8) is 0 Å². The fourth-order valence-electron chi connectivity index (χ4n) is 2.89. The number of benzene rings is 2. The Bertz CT molecular complexity index is 1090. The number of nitrogens with zero attached hydrogens (tertiary/aromatic N) is 1. The van der Waals surface area contributed by atoms with Crippen LogP contribution >= 0.6 is 0 Å². The summed E-state index contributed by atoms with van der Waals surface area (Å²) in [5.41, 5.74) is 1.78. The van der Waals surface area contributed by atoms with Crippen molar-refractivity contribution < 1.29 is 45.7 Å². The molecule has 3 aromatic rings. The van der Waals surface area contributed by atoms with E-state index in [4.69, 9.17) is 0 Å². The maximum atomic E-state index is 12.3. The molecule has 0 saturated carbocycles. The number of carboxylic acid groups (broad SMARTS) is 1. The topological polar surface area (TPSA) is 68.7 Å².